The van der Waals surface area contributed by atoms with Crippen molar-refractivity contribution in [3.8, 4) is 11.8 Å². The zero-order valence-corrected chi connectivity index (χ0v) is 19.4. The lowest BCUT2D eigenvalue weighted by Crippen LogP contribution is -2.29. The van der Waals surface area contributed by atoms with Gasteiger partial charge in [0.15, 0.2) is 5.78 Å². The Hall–Kier alpha value is -3.63. The normalized spacial score (nSPS) is 12.1. The van der Waals surface area contributed by atoms with E-state index in [0.717, 1.165) is 34.3 Å². The minimum atomic E-state index is -0.701. The Labute approximate surface area is 192 Å². The molecular formula is C31H30O. The highest BCUT2D eigenvalue weighted by atomic mass is 16.1. The molecule has 1 heteroatoms. The first kappa shape index (κ1) is 23.0. The van der Waals surface area contributed by atoms with Crippen molar-refractivity contribution < 1.29 is 4.79 Å². The van der Waals surface area contributed by atoms with Crippen LogP contribution in [-0.4, -0.2) is 5.78 Å². The van der Waals surface area contributed by atoms with Crippen molar-refractivity contribution in [2.24, 2.45) is 0 Å². The molecule has 0 saturated carbocycles. The second-order valence-electron chi connectivity index (χ2n) is 8.08. The van der Waals surface area contributed by atoms with Gasteiger partial charge in [-0.25, -0.2) is 0 Å². The highest BCUT2D eigenvalue weighted by Crippen LogP contribution is 2.40. The van der Waals surface area contributed by atoms with Crippen LogP contribution < -0.4 is 0 Å². The molecule has 0 aliphatic rings. The molecule has 3 aromatic rings. The van der Waals surface area contributed by atoms with Crippen LogP contribution in [0.1, 0.15) is 49.4 Å². The maximum Gasteiger partial charge on any atom is 0.152 e. The van der Waals surface area contributed by atoms with Gasteiger partial charge in [0.2, 0.25) is 0 Å². The van der Waals surface area contributed by atoms with E-state index in [2.05, 4.69) is 81.1 Å². The van der Waals surface area contributed by atoms with E-state index in [-0.39, 0.29) is 5.78 Å². The van der Waals surface area contributed by atoms with Crippen LogP contribution in [0.4, 0.5) is 0 Å². The van der Waals surface area contributed by atoms with Crippen molar-refractivity contribution in [3.05, 3.63) is 125 Å². The number of hydrogen-bond acceptors (Lipinski definition) is 1. The fraction of sp³-hybridized carbons (Fsp3) is 0.194. The van der Waals surface area contributed by atoms with Gasteiger partial charge in [0.1, 0.15) is 5.41 Å². The van der Waals surface area contributed by atoms with E-state index < -0.39 is 5.41 Å². The first-order valence-electron chi connectivity index (χ1n) is 11.1. The van der Waals surface area contributed by atoms with E-state index in [0.29, 0.717) is 0 Å². The topological polar surface area (TPSA) is 17.1 Å². The number of aryl methyl sites for hydroxylation is 1. The molecule has 0 bridgehead atoms. The quantitative estimate of drug-likeness (QED) is 0.303. The van der Waals surface area contributed by atoms with E-state index in [9.17, 15) is 4.79 Å². The third-order valence-electron chi connectivity index (χ3n) is 5.71. The van der Waals surface area contributed by atoms with E-state index >= 15 is 0 Å². The number of benzene rings is 3. The van der Waals surface area contributed by atoms with Crippen LogP contribution in [0.25, 0.3) is 5.57 Å². The summed E-state index contributed by atoms with van der Waals surface area (Å²) >= 11 is 0. The Balaban J connectivity index is 2.25. The Morgan fingerprint density at radius 3 is 1.84 bits per heavy atom. The fourth-order valence-electron chi connectivity index (χ4n) is 4.01. The molecule has 0 aliphatic carbocycles. The molecule has 0 atom stereocenters. The number of allylic oxidation sites excluding steroid dienone is 4. The molecule has 0 amide bonds. The molecule has 0 fully saturated rings. The van der Waals surface area contributed by atoms with Gasteiger partial charge in [-0.3, -0.25) is 4.79 Å². The van der Waals surface area contributed by atoms with Gasteiger partial charge in [0, 0.05) is 0 Å². The second-order valence-corrected chi connectivity index (χ2v) is 8.08. The third-order valence-corrected chi connectivity index (χ3v) is 5.71. The molecule has 0 spiro atoms. The van der Waals surface area contributed by atoms with Crippen LogP contribution in [0.5, 0.6) is 0 Å². The number of rotatable bonds is 6. The number of ketones is 1. The molecular weight excluding hydrogens is 388 g/mol. The van der Waals surface area contributed by atoms with Crippen LogP contribution in [-0.2, 0) is 10.2 Å². The molecule has 3 rings (SSSR count). The summed E-state index contributed by atoms with van der Waals surface area (Å²) in [4.78, 5) is 12.2. The number of carbonyl (C=O) groups is 1. The monoisotopic (exact) mass is 418 g/mol. The summed E-state index contributed by atoms with van der Waals surface area (Å²) in [6, 6.07) is 29.0. The zero-order chi connectivity index (χ0) is 23.0. The summed E-state index contributed by atoms with van der Waals surface area (Å²) in [5.74, 6) is 6.98. The molecule has 32 heavy (non-hydrogen) atoms. The van der Waals surface area contributed by atoms with Gasteiger partial charge in [-0.15, -0.1) is 0 Å². The fourth-order valence-corrected chi connectivity index (χ4v) is 4.01. The molecule has 3 aromatic carbocycles. The van der Waals surface area contributed by atoms with Crippen LogP contribution in [0.15, 0.2) is 103 Å². The van der Waals surface area contributed by atoms with Crippen molar-refractivity contribution in [2.45, 2.75) is 39.5 Å². The number of hydrogen-bond donors (Lipinski definition) is 0. The van der Waals surface area contributed by atoms with Gasteiger partial charge >= 0.3 is 0 Å². The minimum absolute atomic E-state index is 0.0336. The smallest absolute Gasteiger partial charge is 0.152 e. The van der Waals surface area contributed by atoms with E-state index in [4.69, 9.17) is 0 Å². The molecule has 0 saturated heterocycles. The highest BCUT2D eigenvalue weighted by Gasteiger charge is 2.35. The lowest BCUT2D eigenvalue weighted by molar-refractivity contribution is -0.112. The third kappa shape index (κ3) is 5.16. The predicted molar refractivity (Wildman–Crippen MR) is 135 cm³/mol. The Morgan fingerprint density at radius 2 is 1.38 bits per heavy atom. The van der Waals surface area contributed by atoms with Gasteiger partial charge < -0.3 is 0 Å². The standard InChI is InChI=1S/C31H30O/c1-5-28(23-26(4)32)31(29-14-8-6-9-15-29,30-16-10-7-11-17-30)22-12-13-25(3)27-20-18-24(2)19-21-27/h6-11,13-21,23H,5H2,1-4H3/b25-13+,28-23+. The lowest BCUT2D eigenvalue weighted by atomic mass is 9.68. The van der Waals surface area contributed by atoms with Crippen molar-refractivity contribution in [3.63, 3.8) is 0 Å². The summed E-state index contributed by atoms with van der Waals surface area (Å²) in [6.45, 7) is 7.86. The Kier molecular flexibility index (Phi) is 7.63. The van der Waals surface area contributed by atoms with Gasteiger partial charge in [-0.2, -0.15) is 0 Å². The van der Waals surface area contributed by atoms with Gasteiger partial charge in [0.25, 0.3) is 0 Å². The lowest BCUT2D eigenvalue weighted by Gasteiger charge is -2.32. The van der Waals surface area contributed by atoms with Gasteiger partial charge in [0.05, 0.1) is 0 Å². The maximum atomic E-state index is 12.2. The number of carbonyl (C=O) groups excluding carboxylic acids is 1. The largest absolute Gasteiger partial charge is 0.295 e. The summed E-state index contributed by atoms with van der Waals surface area (Å²) < 4.78 is 0. The molecule has 0 aromatic heterocycles. The second kappa shape index (κ2) is 10.6. The van der Waals surface area contributed by atoms with Crippen LogP contribution >= 0.6 is 0 Å². The van der Waals surface area contributed by atoms with Gasteiger partial charge in [-0.1, -0.05) is 109 Å². The summed E-state index contributed by atoms with van der Waals surface area (Å²) in [5.41, 5.74) is 5.93. The van der Waals surface area contributed by atoms with E-state index in [1.807, 2.05) is 42.5 Å². The molecule has 0 radical (unpaired) electrons. The maximum absolute atomic E-state index is 12.2. The molecule has 0 heterocycles. The average molecular weight is 419 g/mol. The van der Waals surface area contributed by atoms with Crippen molar-refractivity contribution in [1.82, 2.24) is 0 Å². The molecule has 0 N–H and O–H groups in total. The average Bonchev–Trinajstić information content (AvgIpc) is 2.82. The Morgan fingerprint density at radius 1 is 0.844 bits per heavy atom. The summed E-state index contributed by atoms with van der Waals surface area (Å²) in [7, 11) is 0. The zero-order valence-electron chi connectivity index (χ0n) is 19.4. The van der Waals surface area contributed by atoms with E-state index in [1.165, 1.54) is 5.56 Å². The van der Waals surface area contributed by atoms with Crippen LogP contribution in [0.2, 0.25) is 0 Å². The molecule has 1 nitrogen and oxygen atoms in total. The van der Waals surface area contributed by atoms with E-state index in [1.54, 1.807) is 13.0 Å². The van der Waals surface area contributed by atoms with Crippen molar-refractivity contribution >= 4 is 11.4 Å². The summed E-state index contributed by atoms with van der Waals surface area (Å²) in [5, 5.41) is 0. The predicted octanol–water partition coefficient (Wildman–Crippen LogP) is 7.31. The highest BCUT2D eigenvalue weighted by molar-refractivity contribution is 5.89. The summed E-state index contributed by atoms with van der Waals surface area (Å²) in [6.07, 6.45) is 4.45. The molecule has 160 valence electrons. The van der Waals surface area contributed by atoms with Crippen molar-refractivity contribution in [2.75, 3.05) is 0 Å². The first-order valence-corrected chi connectivity index (χ1v) is 11.1. The Bertz CT molecular complexity index is 1130. The molecule has 0 aliphatic heterocycles. The molecule has 0 unspecified atom stereocenters. The SMILES string of the molecule is CC/C(=C\C(C)=O)C(C#C/C=C(\C)c1ccc(C)cc1)(c1ccccc1)c1ccccc1. The van der Waals surface area contributed by atoms with Crippen LogP contribution in [0.3, 0.4) is 0 Å². The minimum Gasteiger partial charge on any atom is -0.295 e. The first-order chi connectivity index (χ1) is 15.5. The van der Waals surface area contributed by atoms with Crippen molar-refractivity contribution in [1.29, 1.82) is 0 Å². The van der Waals surface area contributed by atoms with Gasteiger partial charge in [-0.05, 0) is 67.2 Å². The van der Waals surface area contributed by atoms with Crippen LogP contribution in [0, 0.1) is 18.8 Å².